The second kappa shape index (κ2) is 21.9. The molecule has 3 atom stereocenters. The van der Waals surface area contributed by atoms with E-state index in [2.05, 4.69) is 46.8 Å². The smallest absolute Gasteiger partial charge is 0.274 e. The van der Waals surface area contributed by atoms with Crippen LogP contribution in [0.25, 0.3) is 22.5 Å². The Morgan fingerprint density at radius 3 is 2.48 bits per heavy atom. The summed E-state index contributed by atoms with van der Waals surface area (Å²) < 4.78 is 20.2. The molecule has 16 nitrogen and oxygen atoms in total. The predicted octanol–water partition coefficient (Wildman–Crippen LogP) is 5.18. The summed E-state index contributed by atoms with van der Waals surface area (Å²) in [4.78, 5) is 71.6. The third-order valence-corrected chi connectivity index (χ3v) is 11.8. The third-order valence-electron chi connectivity index (χ3n) is 11.8. The number of halogens is 1. The fourth-order valence-electron chi connectivity index (χ4n) is 8.23. The van der Waals surface area contributed by atoms with E-state index in [-0.39, 0.29) is 59.7 Å². The molecule has 2 saturated heterocycles. The van der Waals surface area contributed by atoms with Crippen LogP contribution in [0.15, 0.2) is 67.1 Å². The molecule has 0 spiro atoms. The molecule has 2 aliphatic heterocycles. The summed E-state index contributed by atoms with van der Waals surface area (Å²) in [6.07, 6.45) is 7.93. The monoisotopic (exact) mass is 890 g/mol. The van der Waals surface area contributed by atoms with Crippen molar-refractivity contribution in [2.24, 2.45) is 5.41 Å². The average Bonchev–Trinajstić information content (AvgIpc) is 3.64. The van der Waals surface area contributed by atoms with Crippen LogP contribution in [-0.2, 0) is 14.4 Å². The molecule has 4 amide bonds. The number of benzene rings is 2. The maximum absolute atomic E-state index is 14.9. The first-order valence-corrected chi connectivity index (χ1v) is 22.1. The number of likely N-dealkylation sites (tertiary alicyclic amines) is 1. The van der Waals surface area contributed by atoms with Crippen molar-refractivity contribution in [3.63, 3.8) is 0 Å². The number of nitrogens with zero attached hydrogens (tertiary/aromatic N) is 7. The van der Waals surface area contributed by atoms with Gasteiger partial charge in [0.1, 0.15) is 23.3 Å². The predicted molar refractivity (Wildman–Crippen MR) is 244 cm³/mol. The molecule has 4 N–H and O–H groups in total. The van der Waals surface area contributed by atoms with Crippen molar-refractivity contribution < 1.29 is 33.4 Å². The minimum Gasteiger partial charge on any atom is -0.496 e. The van der Waals surface area contributed by atoms with Crippen LogP contribution in [0.4, 0.5) is 15.8 Å². The van der Waals surface area contributed by atoms with E-state index in [9.17, 15) is 33.9 Å². The first-order chi connectivity index (χ1) is 31.2. The number of pyridine rings is 1. The standard InChI is InChI=1S/C48H59FN10O6/c1-31-25-34(60)29-59(31)47(64)44(48(2,3)4)56-41(61)13-8-6-7-9-18-52-42(62)30-57-21-23-58(24-22-57)39-26-32(35-28-51-19-16-33(35)27-50)14-15-37(39)55-46(63)38-17-20-53-45(54-38)43-36(49)11-10-12-40(43)65-5/h10-12,14-17,19-20,26,28,31,34,44,60H,6-9,13,18,21-25,29-30H2,1-5H3,(H,52,62)(H,55,63)(H,56,61)/t31-,34-,44-/m1/s1. The van der Waals surface area contributed by atoms with Crippen LogP contribution >= 0.6 is 0 Å². The van der Waals surface area contributed by atoms with Crippen molar-refractivity contribution in [2.45, 2.75) is 84.4 Å². The Morgan fingerprint density at radius 1 is 1.00 bits per heavy atom. The number of hydrogen-bond donors (Lipinski definition) is 4. The number of methoxy groups -OCH3 is 1. The van der Waals surface area contributed by atoms with Gasteiger partial charge in [0.05, 0.1) is 48.3 Å². The summed E-state index contributed by atoms with van der Waals surface area (Å²) >= 11 is 0. The molecule has 4 aromatic rings. The Bertz CT molecular complexity index is 2380. The number of piperazine rings is 1. The van der Waals surface area contributed by atoms with Gasteiger partial charge < -0.3 is 35.6 Å². The van der Waals surface area contributed by atoms with E-state index in [1.165, 1.54) is 31.5 Å². The highest BCUT2D eigenvalue weighted by atomic mass is 19.1. The van der Waals surface area contributed by atoms with Crippen LogP contribution in [0, 0.1) is 22.6 Å². The molecule has 0 bridgehead atoms. The molecule has 17 heteroatoms. The van der Waals surface area contributed by atoms with E-state index in [4.69, 9.17) is 4.74 Å². The summed E-state index contributed by atoms with van der Waals surface area (Å²) in [5.74, 6) is -1.31. The molecular weight excluding hydrogens is 832 g/mol. The third kappa shape index (κ3) is 12.4. The second-order valence-corrected chi connectivity index (χ2v) is 17.7. The molecule has 2 fully saturated rings. The van der Waals surface area contributed by atoms with Crippen molar-refractivity contribution in [3.05, 3.63) is 84.2 Å². The van der Waals surface area contributed by atoms with Gasteiger partial charge in [0, 0.05) is 75.9 Å². The lowest BCUT2D eigenvalue weighted by molar-refractivity contribution is -0.140. The Morgan fingerprint density at radius 2 is 1.77 bits per heavy atom. The summed E-state index contributed by atoms with van der Waals surface area (Å²) in [5, 5.41) is 28.8. The van der Waals surface area contributed by atoms with Gasteiger partial charge in [-0.15, -0.1) is 0 Å². The molecule has 2 aliphatic rings. The molecule has 0 aliphatic carbocycles. The van der Waals surface area contributed by atoms with Crippen LogP contribution in [0.2, 0.25) is 0 Å². The van der Waals surface area contributed by atoms with Crippen LogP contribution in [0.3, 0.4) is 0 Å². The van der Waals surface area contributed by atoms with Crippen LogP contribution in [0.1, 0.15) is 82.3 Å². The summed E-state index contributed by atoms with van der Waals surface area (Å²) in [6, 6.07) is 14.4. The van der Waals surface area contributed by atoms with Gasteiger partial charge in [-0.3, -0.25) is 29.1 Å². The molecule has 6 rings (SSSR count). The van der Waals surface area contributed by atoms with Crippen molar-refractivity contribution in [3.8, 4) is 34.3 Å². The molecule has 344 valence electrons. The summed E-state index contributed by atoms with van der Waals surface area (Å²) in [7, 11) is 1.41. The van der Waals surface area contributed by atoms with Gasteiger partial charge >= 0.3 is 0 Å². The zero-order chi connectivity index (χ0) is 46.7. The Kier molecular flexibility index (Phi) is 16.2. The Labute approximate surface area is 379 Å². The number of amides is 4. The lowest BCUT2D eigenvalue weighted by Crippen LogP contribution is -2.55. The molecule has 2 aromatic heterocycles. The van der Waals surface area contributed by atoms with Crippen molar-refractivity contribution in [1.82, 2.24) is 35.4 Å². The highest BCUT2D eigenvalue weighted by molar-refractivity contribution is 6.05. The highest BCUT2D eigenvalue weighted by Crippen LogP contribution is 2.35. The zero-order valence-electron chi connectivity index (χ0n) is 37.8. The van der Waals surface area contributed by atoms with Crippen molar-refractivity contribution in [2.75, 3.05) is 63.1 Å². The fraction of sp³-hybridized carbons (Fsp3) is 0.458. The van der Waals surface area contributed by atoms with Crippen molar-refractivity contribution >= 4 is 35.0 Å². The van der Waals surface area contributed by atoms with Gasteiger partial charge in [0.15, 0.2) is 5.82 Å². The van der Waals surface area contributed by atoms with E-state index >= 15 is 0 Å². The van der Waals surface area contributed by atoms with E-state index in [0.29, 0.717) is 74.5 Å². The zero-order valence-corrected chi connectivity index (χ0v) is 37.8. The molecular formula is C48H59FN10O6. The van der Waals surface area contributed by atoms with Gasteiger partial charge in [-0.2, -0.15) is 5.26 Å². The first-order valence-electron chi connectivity index (χ1n) is 22.1. The quantitative estimate of drug-likeness (QED) is 0.101. The van der Waals surface area contributed by atoms with Gasteiger partial charge in [-0.1, -0.05) is 45.7 Å². The van der Waals surface area contributed by atoms with E-state index < -0.39 is 29.3 Å². The fourth-order valence-corrected chi connectivity index (χ4v) is 8.23. The van der Waals surface area contributed by atoms with Crippen LogP contribution in [0.5, 0.6) is 5.75 Å². The van der Waals surface area contributed by atoms with E-state index in [1.807, 2.05) is 33.8 Å². The highest BCUT2D eigenvalue weighted by Gasteiger charge is 2.40. The minimum absolute atomic E-state index is 0.00231. The molecule has 2 aromatic carbocycles. The van der Waals surface area contributed by atoms with E-state index in [0.717, 1.165) is 24.8 Å². The number of ether oxygens (including phenoxy) is 1. The lowest BCUT2D eigenvalue weighted by Gasteiger charge is -2.36. The number of aliphatic hydroxyl groups is 1. The molecule has 65 heavy (non-hydrogen) atoms. The van der Waals surface area contributed by atoms with Crippen molar-refractivity contribution in [1.29, 1.82) is 5.26 Å². The topological polar surface area (TPSA) is 206 Å². The number of nitriles is 1. The summed E-state index contributed by atoms with van der Waals surface area (Å²) in [6.45, 7) is 10.9. The summed E-state index contributed by atoms with van der Waals surface area (Å²) in [5.41, 5.74) is 2.60. The van der Waals surface area contributed by atoms with Crippen LogP contribution < -0.4 is 25.6 Å². The number of aromatic nitrogens is 3. The van der Waals surface area contributed by atoms with Gasteiger partial charge in [0.25, 0.3) is 5.91 Å². The SMILES string of the molecule is COc1cccc(F)c1-c1nccc(C(=O)Nc2ccc(-c3cnccc3C#N)cc2N2CCN(CC(=O)NCCCCCCC(=O)N[C@H](C(=O)N3C[C@H](O)C[C@H]3C)C(C)(C)C)CC2)n1. The largest absolute Gasteiger partial charge is 0.496 e. The molecule has 0 radical (unpaired) electrons. The Balaban J connectivity index is 0.994. The second-order valence-electron chi connectivity index (χ2n) is 17.7. The number of aliphatic hydroxyl groups excluding tert-OH is 1. The first kappa shape index (κ1) is 48.0. The van der Waals surface area contributed by atoms with Crippen LogP contribution in [-0.4, -0.2) is 125 Å². The molecule has 4 heterocycles. The number of hydrogen-bond acceptors (Lipinski definition) is 12. The van der Waals surface area contributed by atoms with Gasteiger partial charge in [-0.05, 0) is 73.6 Å². The minimum atomic E-state index is -0.681. The maximum atomic E-state index is 14.9. The molecule has 0 saturated carbocycles. The number of unbranched alkanes of at least 4 members (excludes halogenated alkanes) is 3. The number of β-amino-alcohol motifs (C(OH)–C–C–N with tert-alkyl or cyclic N) is 1. The van der Waals surface area contributed by atoms with E-state index in [1.54, 1.807) is 41.6 Å². The Hall–Kier alpha value is -6.51. The maximum Gasteiger partial charge on any atom is 0.274 e. The lowest BCUT2D eigenvalue weighted by atomic mass is 9.85. The van der Waals surface area contributed by atoms with Gasteiger partial charge in [-0.25, -0.2) is 14.4 Å². The molecule has 0 unspecified atom stereocenters. The van der Waals surface area contributed by atoms with Gasteiger partial charge in [0.2, 0.25) is 17.7 Å². The normalized spacial score (nSPS) is 17.0. The average molecular weight is 891 g/mol. The number of rotatable bonds is 17. The number of nitrogens with one attached hydrogen (secondary N) is 3. The number of carbonyl (C=O) groups is 4. The number of carbonyl (C=O) groups excluding carboxylic acids is 4. The number of anilines is 2.